The largest absolute Gasteiger partial charge is 0.356 e. The standard InChI is InChI=1S/C18H29N5/c1-14(2)9-7-8-12-20-18(19-3)21-13-17-22-15-10-5-6-11-16(15)23(17)4/h5-6,10-11,14H,7-9,12-13H2,1-4H3,(H2,19,20,21). The Morgan fingerprint density at radius 1 is 1.22 bits per heavy atom. The molecule has 2 rings (SSSR count). The molecule has 5 heteroatoms. The summed E-state index contributed by atoms with van der Waals surface area (Å²) in [4.78, 5) is 8.94. The van der Waals surface area contributed by atoms with Crippen molar-refractivity contribution in [3.63, 3.8) is 0 Å². The number of fused-ring (bicyclic) bond motifs is 1. The molecule has 0 aliphatic rings. The molecule has 23 heavy (non-hydrogen) atoms. The van der Waals surface area contributed by atoms with Gasteiger partial charge in [0.05, 0.1) is 17.6 Å². The molecule has 126 valence electrons. The minimum absolute atomic E-state index is 0.664. The average molecular weight is 315 g/mol. The first-order valence-electron chi connectivity index (χ1n) is 8.46. The Morgan fingerprint density at radius 3 is 2.70 bits per heavy atom. The van der Waals surface area contributed by atoms with Crippen LogP contribution in [0.4, 0.5) is 0 Å². The molecule has 0 aliphatic carbocycles. The fourth-order valence-corrected chi connectivity index (χ4v) is 2.62. The summed E-state index contributed by atoms with van der Waals surface area (Å²) in [5.74, 6) is 2.63. The lowest BCUT2D eigenvalue weighted by atomic mass is 10.1. The zero-order chi connectivity index (χ0) is 16.7. The quantitative estimate of drug-likeness (QED) is 0.469. The zero-order valence-electron chi connectivity index (χ0n) is 14.8. The smallest absolute Gasteiger partial charge is 0.191 e. The van der Waals surface area contributed by atoms with Crippen LogP contribution in [-0.4, -0.2) is 29.1 Å². The van der Waals surface area contributed by atoms with Crippen molar-refractivity contribution in [3.05, 3.63) is 30.1 Å². The van der Waals surface area contributed by atoms with Crippen molar-refractivity contribution in [2.24, 2.45) is 18.0 Å². The minimum atomic E-state index is 0.664. The van der Waals surface area contributed by atoms with Crippen molar-refractivity contribution in [3.8, 4) is 0 Å². The van der Waals surface area contributed by atoms with Crippen LogP contribution in [0.1, 0.15) is 38.9 Å². The summed E-state index contributed by atoms with van der Waals surface area (Å²) < 4.78 is 2.12. The van der Waals surface area contributed by atoms with E-state index < -0.39 is 0 Å². The van der Waals surface area contributed by atoms with E-state index in [1.807, 2.05) is 18.2 Å². The highest BCUT2D eigenvalue weighted by atomic mass is 15.2. The highest BCUT2D eigenvalue weighted by molar-refractivity contribution is 5.80. The van der Waals surface area contributed by atoms with E-state index in [-0.39, 0.29) is 0 Å². The van der Waals surface area contributed by atoms with Gasteiger partial charge in [-0.05, 0) is 24.5 Å². The molecule has 0 atom stereocenters. The third kappa shape index (κ3) is 4.98. The molecule has 0 saturated heterocycles. The number of guanidine groups is 1. The Labute approximate surface area is 139 Å². The van der Waals surface area contributed by atoms with Crippen molar-refractivity contribution in [1.82, 2.24) is 20.2 Å². The maximum absolute atomic E-state index is 4.67. The first-order valence-corrected chi connectivity index (χ1v) is 8.46. The van der Waals surface area contributed by atoms with Gasteiger partial charge in [0, 0.05) is 20.6 Å². The number of aliphatic imine (C=N–C) groups is 1. The second kappa shape index (κ2) is 8.56. The van der Waals surface area contributed by atoms with Crippen LogP contribution >= 0.6 is 0 Å². The van der Waals surface area contributed by atoms with Crippen molar-refractivity contribution < 1.29 is 0 Å². The van der Waals surface area contributed by atoms with E-state index in [4.69, 9.17) is 0 Å². The lowest BCUT2D eigenvalue weighted by Crippen LogP contribution is -2.37. The van der Waals surface area contributed by atoms with Gasteiger partial charge < -0.3 is 15.2 Å². The lowest BCUT2D eigenvalue weighted by Gasteiger charge is -2.12. The van der Waals surface area contributed by atoms with E-state index in [0.29, 0.717) is 6.54 Å². The lowest BCUT2D eigenvalue weighted by molar-refractivity contribution is 0.534. The molecular formula is C18H29N5. The van der Waals surface area contributed by atoms with Gasteiger partial charge >= 0.3 is 0 Å². The highest BCUT2D eigenvalue weighted by Crippen LogP contribution is 2.13. The summed E-state index contributed by atoms with van der Waals surface area (Å²) >= 11 is 0. The van der Waals surface area contributed by atoms with Gasteiger partial charge in [0.25, 0.3) is 0 Å². The van der Waals surface area contributed by atoms with E-state index in [1.165, 1.54) is 19.3 Å². The summed E-state index contributed by atoms with van der Waals surface area (Å²) in [6, 6.07) is 8.19. The van der Waals surface area contributed by atoms with Gasteiger partial charge in [0.15, 0.2) is 5.96 Å². The molecule has 0 fully saturated rings. The molecule has 0 radical (unpaired) electrons. The second-order valence-electron chi connectivity index (χ2n) is 6.32. The van der Waals surface area contributed by atoms with Crippen LogP contribution in [0.5, 0.6) is 0 Å². The number of hydrogen-bond acceptors (Lipinski definition) is 2. The van der Waals surface area contributed by atoms with Gasteiger partial charge in [0.1, 0.15) is 5.82 Å². The van der Waals surface area contributed by atoms with Crippen LogP contribution in [0.15, 0.2) is 29.3 Å². The molecular weight excluding hydrogens is 286 g/mol. The molecule has 0 unspecified atom stereocenters. The van der Waals surface area contributed by atoms with Gasteiger partial charge in [-0.3, -0.25) is 4.99 Å². The van der Waals surface area contributed by atoms with Crippen LogP contribution in [-0.2, 0) is 13.6 Å². The number of aryl methyl sites for hydroxylation is 1. The summed E-state index contributed by atoms with van der Waals surface area (Å²) in [7, 11) is 3.85. The zero-order valence-corrected chi connectivity index (χ0v) is 14.8. The number of nitrogens with one attached hydrogen (secondary N) is 2. The van der Waals surface area contributed by atoms with Crippen molar-refractivity contribution in [2.45, 2.75) is 39.7 Å². The van der Waals surface area contributed by atoms with Crippen molar-refractivity contribution >= 4 is 17.0 Å². The summed E-state index contributed by atoms with van der Waals surface area (Å²) in [6.07, 6.45) is 3.71. The Morgan fingerprint density at radius 2 is 2.00 bits per heavy atom. The Hall–Kier alpha value is -2.04. The second-order valence-corrected chi connectivity index (χ2v) is 6.32. The monoisotopic (exact) mass is 315 g/mol. The molecule has 0 aliphatic heterocycles. The molecule has 2 N–H and O–H groups in total. The maximum Gasteiger partial charge on any atom is 0.191 e. The number of nitrogens with zero attached hydrogens (tertiary/aromatic N) is 3. The molecule has 2 aromatic rings. The number of benzene rings is 1. The maximum atomic E-state index is 4.67. The molecule has 0 bridgehead atoms. The number of rotatable bonds is 7. The molecule has 0 amide bonds. The predicted molar refractivity (Wildman–Crippen MR) is 97.6 cm³/mol. The summed E-state index contributed by atoms with van der Waals surface area (Å²) in [6.45, 7) is 6.15. The highest BCUT2D eigenvalue weighted by Gasteiger charge is 2.07. The van der Waals surface area contributed by atoms with Gasteiger partial charge in [-0.15, -0.1) is 0 Å². The minimum Gasteiger partial charge on any atom is -0.356 e. The third-order valence-electron chi connectivity index (χ3n) is 4.02. The van der Waals surface area contributed by atoms with Crippen molar-refractivity contribution in [2.75, 3.05) is 13.6 Å². The molecule has 1 heterocycles. The normalized spacial score (nSPS) is 12.1. The van der Waals surface area contributed by atoms with Crippen LogP contribution in [0.2, 0.25) is 0 Å². The first kappa shape index (κ1) is 17.3. The van der Waals surface area contributed by atoms with Gasteiger partial charge in [0.2, 0.25) is 0 Å². The van der Waals surface area contributed by atoms with Gasteiger partial charge in [-0.25, -0.2) is 4.98 Å². The van der Waals surface area contributed by atoms with E-state index in [1.54, 1.807) is 7.05 Å². The van der Waals surface area contributed by atoms with E-state index >= 15 is 0 Å². The number of para-hydroxylation sites is 2. The number of unbranched alkanes of at least 4 members (excludes halogenated alkanes) is 1. The fraction of sp³-hybridized carbons (Fsp3) is 0.556. The van der Waals surface area contributed by atoms with Crippen molar-refractivity contribution in [1.29, 1.82) is 0 Å². The fourth-order valence-electron chi connectivity index (χ4n) is 2.62. The summed E-state index contributed by atoms with van der Waals surface area (Å²) in [5, 5.41) is 6.71. The van der Waals surface area contributed by atoms with E-state index in [0.717, 1.165) is 35.3 Å². The Balaban J connectivity index is 1.82. The number of imidazole rings is 1. The van der Waals surface area contributed by atoms with Crippen LogP contribution in [0, 0.1) is 5.92 Å². The topological polar surface area (TPSA) is 54.2 Å². The number of hydrogen-bond donors (Lipinski definition) is 2. The molecule has 1 aromatic carbocycles. The summed E-state index contributed by atoms with van der Waals surface area (Å²) in [5.41, 5.74) is 2.18. The SMILES string of the molecule is CN=C(NCCCCC(C)C)NCc1nc2ccccc2n1C. The average Bonchev–Trinajstić information content (AvgIpc) is 2.86. The molecule has 0 saturated carbocycles. The van der Waals surface area contributed by atoms with Gasteiger partial charge in [-0.1, -0.05) is 38.8 Å². The number of aromatic nitrogens is 2. The Kier molecular flexibility index (Phi) is 6.44. The van der Waals surface area contributed by atoms with E-state index in [9.17, 15) is 0 Å². The molecule has 0 spiro atoms. The molecule has 5 nitrogen and oxygen atoms in total. The Bertz CT molecular complexity index is 642. The predicted octanol–water partition coefficient (Wildman–Crippen LogP) is 3.06. The van der Waals surface area contributed by atoms with Crippen LogP contribution < -0.4 is 10.6 Å². The first-order chi connectivity index (χ1) is 11.1. The molecule has 1 aromatic heterocycles. The van der Waals surface area contributed by atoms with Gasteiger partial charge in [-0.2, -0.15) is 0 Å². The van der Waals surface area contributed by atoms with Crippen LogP contribution in [0.3, 0.4) is 0 Å². The third-order valence-corrected chi connectivity index (χ3v) is 4.02. The van der Waals surface area contributed by atoms with Crippen LogP contribution in [0.25, 0.3) is 11.0 Å². The van der Waals surface area contributed by atoms with E-state index in [2.05, 4.69) is 52.1 Å².